The lowest BCUT2D eigenvalue weighted by molar-refractivity contribution is -0.0467. The number of hydrogen-bond acceptors (Lipinski definition) is 3. The second-order valence-electron chi connectivity index (χ2n) is 9.22. The summed E-state index contributed by atoms with van der Waals surface area (Å²) in [6.07, 6.45) is 9.56. The highest BCUT2D eigenvalue weighted by Crippen LogP contribution is 2.58. The molecule has 4 heteroatoms. The first-order chi connectivity index (χ1) is 12.4. The molecular formula is C22H33N3O. The predicted molar refractivity (Wildman–Crippen MR) is 104 cm³/mol. The van der Waals surface area contributed by atoms with Crippen molar-refractivity contribution in [1.82, 2.24) is 15.2 Å². The number of amides is 1. The number of carbonyl (C=O) groups excluding carboxylic acids is 1. The number of rotatable bonds is 4. The molecule has 2 saturated carbocycles. The fraction of sp³-hybridized carbons (Fsp3) is 0.727. The lowest BCUT2D eigenvalue weighted by atomic mass is 9.52. The first kappa shape index (κ1) is 18.0. The molecule has 3 aliphatic rings. The standard InChI is InChI=1S/C22H33N3O/c1-15-10-19(11-16(2)23-15)21(26)24-20-6-4-9-25(17(20)3)14-18-12-22(13-18)7-5-8-22/h10-11,17-18,20H,4-9,12-14H2,1-3H3,(H,24,26). The molecule has 4 nitrogen and oxygen atoms in total. The molecule has 0 radical (unpaired) electrons. The summed E-state index contributed by atoms with van der Waals surface area (Å²) >= 11 is 0. The Labute approximate surface area is 157 Å². The number of nitrogens with one attached hydrogen (secondary N) is 1. The van der Waals surface area contributed by atoms with Crippen LogP contribution in [0.2, 0.25) is 0 Å². The zero-order valence-corrected chi connectivity index (χ0v) is 16.6. The maximum atomic E-state index is 12.7. The van der Waals surface area contributed by atoms with Gasteiger partial charge in [-0.05, 0) is 89.3 Å². The van der Waals surface area contributed by atoms with Crippen molar-refractivity contribution in [2.45, 2.75) is 77.8 Å². The van der Waals surface area contributed by atoms with Gasteiger partial charge >= 0.3 is 0 Å². The summed E-state index contributed by atoms with van der Waals surface area (Å²) in [5.41, 5.74) is 3.31. The second-order valence-corrected chi connectivity index (χ2v) is 9.22. The molecule has 1 aromatic rings. The van der Waals surface area contributed by atoms with Crippen molar-refractivity contribution in [2.24, 2.45) is 11.3 Å². The van der Waals surface area contributed by atoms with Gasteiger partial charge in [0.2, 0.25) is 0 Å². The van der Waals surface area contributed by atoms with Crippen LogP contribution in [-0.2, 0) is 0 Å². The highest BCUT2D eigenvalue weighted by Gasteiger charge is 2.48. The van der Waals surface area contributed by atoms with E-state index >= 15 is 0 Å². The molecule has 1 aliphatic heterocycles. The molecule has 2 atom stereocenters. The Morgan fingerprint density at radius 2 is 1.92 bits per heavy atom. The third-order valence-electron chi connectivity index (χ3n) is 7.13. The normalized spacial score (nSPS) is 28.4. The van der Waals surface area contributed by atoms with Gasteiger partial charge in [0.1, 0.15) is 0 Å². The Morgan fingerprint density at radius 1 is 1.23 bits per heavy atom. The molecule has 2 aliphatic carbocycles. The summed E-state index contributed by atoms with van der Waals surface area (Å²) in [7, 11) is 0. The fourth-order valence-electron chi connectivity index (χ4n) is 5.59. The lowest BCUT2D eigenvalue weighted by Gasteiger charge is -2.56. The summed E-state index contributed by atoms with van der Waals surface area (Å²) in [5.74, 6) is 0.937. The summed E-state index contributed by atoms with van der Waals surface area (Å²) in [6, 6.07) is 4.46. The number of aryl methyl sites for hydroxylation is 2. The van der Waals surface area contributed by atoms with Crippen molar-refractivity contribution in [2.75, 3.05) is 13.1 Å². The minimum atomic E-state index is 0.0503. The Balaban J connectivity index is 1.33. The summed E-state index contributed by atoms with van der Waals surface area (Å²) in [6.45, 7) is 8.60. The van der Waals surface area contributed by atoms with E-state index in [1.807, 2.05) is 26.0 Å². The molecule has 1 saturated heterocycles. The molecule has 3 fully saturated rings. The van der Waals surface area contributed by atoms with Gasteiger partial charge in [-0.2, -0.15) is 0 Å². The van der Waals surface area contributed by atoms with Crippen LogP contribution in [0.4, 0.5) is 0 Å². The lowest BCUT2D eigenvalue weighted by Crippen LogP contribution is -2.56. The van der Waals surface area contributed by atoms with E-state index in [-0.39, 0.29) is 11.9 Å². The Kier molecular flexibility index (Phi) is 4.81. The van der Waals surface area contributed by atoms with Crippen molar-refractivity contribution >= 4 is 5.91 Å². The first-order valence-corrected chi connectivity index (χ1v) is 10.4. The van der Waals surface area contributed by atoms with Gasteiger partial charge < -0.3 is 5.32 Å². The average Bonchev–Trinajstić information content (AvgIpc) is 2.51. The van der Waals surface area contributed by atoms with Crippen molar-refractivity contribution in [3.63, 3.8) is 0 Å². The van der Waals surface area contributed by atoms with Crippen LogP contribution in [0.15, 0.2) is 12.1 Å². The van der Waals surface area contributed by atoms with E-state index in [4.69, 9.17) is 0 Å². The molecule has 4 rings (SSSR count). The Morgan fingerprint density at radius 3 is 2.54 bits per heavy atom. The van der Waals surface area contributed by atoms with Crippen LogP contribution in [0.5, 0.6) is 0 Å². The largest absolute Gasteiger partial charge is 0.348 e. The van der Waals surface area contributed by atoms with E-state index in [2.05, 4.69) is 22.1 Å². The summed E-state index contributed by atoms with van der Waals surface area (Å²) in [4.78, 5) is 19.7. The van der Waals surface area contributed by atoms with Gasteiger partial charge in [0.25, 0.3) is 5.91 Å². The van der Waals surface area contributed by atoms with Crippen LogP contribution in [0.3, 0.4) is 0 Å². The zero-order chi connectivity index (χ0) is 18.3. The first-order valence-electron chi connectivity index (χ1n) is 10.4. The van der Waals surface area contributed by atoms with Crippen LogP contribution >= 0.6 is 0 Å². The van der Waals surface area contributed by atoms with Crippen LogP contribution < -0.4 is 5.32 Å². The van der Waals surface area contributed by atoms with Crippen molar-refractivity contribution in [3.05, 3.63) is 29.1 Å². The molecule has 1 N–H and O–H groups in total. The molecular weight excluding hydrogens is 322 g/mol. The smallest absolute Gasteiger partial charge is 0.251 e. The number of likely N-dealkylation sites (tertiary alicyclic amines) is 1. The maximum Gasteiger partial charge on any atom is 0.251 e. The van der Waals surface area contributed by atoms with Crippen molar-refractivity contribution in [3.8, 4) is 0 Å². The number of carbonyl (C=O) groups is 1. The average molecular weight is 356 g/mol. The van der Waals surface area contributed by atoms with Crippen LogP contribution in [0, 0.1) is 25.2 Å². The zero-order valence-electron chi connectivity index (χ0n) is 16.6. The SMILES string of the molecule is Cc1cc(C(=O)NC2CCCN(CC3CC4(CCC4)C3)C2C)cc(C)n1. The molecule has 0 aromatic carbocycles. The molecule has 142 valence electrons. The molecule has 2 heterocycles. The van der Waals surface area contributed by atoms with E-state index in [0.29, 0.717) is 6.04 Å². The van der Waals surface area contributed by atoms with E-state index in [1.54, 1.807) is 0 Å². The second kappa shape index (κ2) is 6.95. The van der Waals surface area contributed by atoms with E-state index in [9.17, 15) is 4.79 Å². The van der Waals surface area contributed by atoms with Gasteiger partial charge in [0, 0.05) is 35.6 Å². The quantitative estimate of drug-likeness (QED) is 0.892. The third-order valence-corrected chi connectivity index (χ3v) is 7.13. The van der Waals surface area contributed by atoms with E-state index < -0.39 is 0 Å². The maximum absolute atomic E-state index is 12.7. The Bertz CT molecular complexity index is 654. The monoisotopic (exact) mass is 355 g/mol. The summed E-state index contributed by atoms with van der Waals surface area (Å²) < 4.78 is 0. The topological polar surface area (TPSA) is 45.2 Å². The van der Waals surface area contributed by atoms with Gasteiger partial charge in [-0.15, -0.1) is 0 Å². The van der Waals surface area contributed by atoms with Gasteiger partial charge in [-0.3, -0.25) is 14.7 Å². The molecule has 1 aromatic heterocycles. The highest BCUT2D eigenvalue weighted by atomic mass is 16.1. The molecule has 26 heavy (non-hydrogen) atoms. The van der Waals surface area contributed by atoms with Gasteiger partial charge in [-0.1, -0.05) is 6.42 Å². The number of hydrogen-bond donors (Lipinski definition) is 1. The molecule has 1 amide bonds. The van der Waals surface area contributed by atoms with Crippen LogP contribution in [-0.4, -0.2) is 41.0 Å². The minimum absolute atomic E-state index is 0.0503. The van der Waals surface area contributed by atoms with Gasteiger partial charge in [0.15, 0.2) is 0 Å². The number of nitrogens with zero attached hydrogens (tertiary/aromatic N) is 2. The van der Waals surface area contributed by atoms with Crippen molar-refractivity contribution in [1.29, 1.82) is 0 Å². The van der Waals surface area contributed by atoms with Gasteiger partial charge in [0.05, 0.1) is 0 Å². The Hall–Kier alpha value is -1.42. The fourth-order valence-corrected chi connectivity index (χ4v) is 5.59. The molecule has 0 bridgehead atoms. The minimum Gasteiger partial charge on any atom is -0.348 e. The molecule has 2 unspecified atom stereocenters. The van der Waals surface area contributed by atoms with Crippen molar-refractivity contribution < 1.29 is 4.79 Å². The van der Waals surface area contributed by atoms with Crippen LogP contribution in [0.25, 0.3) is 0 Å². The summed E-state index contributed by atoms with van der Waals surface area (Å²) in [5, 5.41) is 3.31. The van der Waals surface area contributed by atoms with Crippen LogP contribution in [0.1, 0.15) is 73.6 Å². The van der Waals surface area contributed by atoms with E-state index in [0.717, 1.165) is 34.7 Å². The molecule has 1 spiro atoms. The number of piperidine rings is 1. The number of aromatic nitrogens is 1. The number of pyridine rings is 1. The van der Waals surface area contributed by atoms with Gasteiger partial charge in [-0.25, -0.2) is 0 Å². The highest BCUT2D eigenvalue weighted by molar-refractivity contribution is 5.94. The third kappa shape index (κ3) is 3.53. The predicted octanol–water partition coefficient (Wildman–Crippen LogP) is 3.86. The van der Waals surface area contributed by atoms with E-state index in [1.165, 1.54) is 51.6 Å².